The summed E-state index contributed by atoms with van der Waals surface area (Å²) in [5.41, 5.74) is 0.318. The summed E-state index contributed by atoms with van der Waals surface area (Å²) in [4.78, 5) is 24.6. The maximum Gasteiger partial charge on any atom is 0.347 e. The normalized spacial score (nSPS) is 21.4. The van der Waals surface area contributed by atoms with Crippen LogP contribution in [0.3, 0.4) is 0 Å². The Bertz CT molecular complexity index is 977. The van der Waals surface area contributed by atoms with Crippen LogP contribution in [0.5, 0.6) is 11.5 Å². The Labute approximate surface area is 137 Å². The zero-order chi connectivity index (χ0) is 16.8. The monoisotopic (exact) mass is 327 g/mol. The van der Waals surface area contributed by atoms with Crippen molar-refractivity contribution in [3.8, 4) is 11.5 Å². The molecule has 1 aliphatic carbocycles. The second-order valence-corrected chi connectivity index (χ2v) is 5.89. The second-order valence-electron chi connectivity index (χ2n) is 5.89. The standard InChI is InChI=1S/C17H17N3O4/c1-18-16(21)19(2)20(17(18)22)13-6-4-3-5-12(13)11-7-8-14-15(9-11)24-10-23-14/h3-9,12-13H,10H2,1-2H3/t12-,13+/m1/s1. The Morgan fingerprint density at radius 1 is 1.00 bits per heavy atom. The van der Waals surface area contributed by atoms with Crippen molar-refractivity contribution in [2.24, 2.45) is 14.1 Å². The van der Waals surface area contributed by atoms with E-state index in [1.165, 1.54) is 16.4 Å². The van der Waals surface area contributed by atoms with Gasteiger partial charge in [-0.05, 0) is 17.7 Å². The summed E-state index contributed by atoms with van der Waals surface area (Å²) in [6.45, 7) is 0.218. The lowest BCUT2D eigenvalue weighted by Gasteiger charge is -2.26. The van der Waals surface area contributed by atoms with E-state index in [9.17, 15) is 9.59 Å². The molecule has 0 saturated heterocycles. The van der Waals surface area contributed by atoms with Gasteiger partial charge in [0.25, 0.3) is 0 Å². The molecule has 124 valence electrons. The summed E-state index contributed by atoms with van der Waals surface area (Å²) in [7, 11) is 3.09. The number of hydrogen-bond acceptors (Lipinski definition) is 4. The number of allylic oxidation sites excluding steroid dienone is 4. The summed E-state index contributed by atoms with van der Waals surface area (Å²) in [6.07, 6.45) is 7.78. The third-order valence-corrected chi connectivity index (χ3v) is 4.54. The van der Waals surface area contributed by atoms with Crippen molar-refractivity contribution in [2.75, 3.05) is 6.79 Å². The first-order valence-electron chi connectivity index (χ1n) is 7.67. The highest BCUT2D eigenvalue weighted by atomic mass is 16.7. The molecule has 2 heterocycles. The van der Waals surface area contributed by atoms with Gasteiger partial charge in [-0.2, -0.15) is 0 Å². The first-order valence-corrected chi connectivity index (χ1v) is 7.67. The van der Waals surface area contributed by atoms with Crippen molar-refractivity contribution < 1.29 is 9.47 Å². The van der Waals surface area contributed by atoms with Crippen LogP contribution in [0.4, 0.5) is 0 Å². The number of nitrogens with zero attached hydrogens (tertiary/aromatic N) is 3. The van der Waals surface area contributed by atoms with E-state index in [2.05, 4.69) is 0 Å². The van der Waals surface area contributed by atoms with E-state index in [0.29, 0.717) is 5.75 Å². The van der Waals surface area contributed by atoms with Crippen LogP contribution in [-0.4, -0.2) is 20.7 Å². The molecule has 2 aliphatic rings. The Balaban J connectivity index is 1.82. The Morgan fingerprint density at radius 3 is 2.50 bits per heavy atom. The van der Waals surface area contributed by atoms with Crippen LogP contribution in [0.25, 0.3) is 0 Å². The number of fused-ring (bicyclic) bond motifs is 1. The first kappa shape index (κ1) is 14.6. The van der Waals surface area contributed by atoms with Gasteiger partial charge in [0.2, 0.25) is 6.79 Å². The summed E-state index contributed by atoms with van der Waals surface area (Å²) in [5, 5.41) is 0. The van der Waals surface area contributed by atoms with Crippen molar-refractivity contribution in [1.29, 1.82) is 0 Å². The minimum Gasteiger partial charge on any atom is -0.454 e. The predicted molar refractivity (Wildman–Crippen MR) is 87.5 cm³/mol. The maximum atomic E-state index is 12.5. The fourth-order valence-corrected chi connectivity index (χ4v) is 3.26. The molecule has 0 N–H and O–H groups in total. The maximum absolute atomic E-state index is 12.5. The molecular weight excluding hydrogens is 310 g/mol. The van der Waals surface area contributed by atoms with Crippen LogP contribution >= 0.6 is 0 Å². The highest BCUT2D eigenvalue weighted by Crippen LogP contribution is 2.39. The molecule has 0 fully saturated rings. The van der Waals surface area contributed by atoms with Gasteiger partial charge in [-0.1, -0.05) is 30.4 Å². The number of aromatic nitrogens is 3. The Kier molecular flexibility index (Phi) is 3.23. The van der Waals surface area contributed by atoms with Crippen molar-refractivity contribution in [2.45, 2.75) is 12.0 Å². The van der Waals surface area contributed by atoms with Crippen LogP contribution in [-0.2, 0) is 14.1 Å². The largest absolute Gasteiger partial charge is 0.454 e. The van der Waals surface area contributed by atoms with Crippen LogP contribution < -0.4 is 20.9 Å². The molecule has 0 saturated carbocycles. The van der Waals surface area contributed by atoms with E-state index in [-0.39, 0.29) is 30.1 Å². The second kappa shape index (κ2) is 5.30. The molecule has 24 heavy (non-hydrogen) atoms. The van der Waals surface area contributed by atoms with Crippen LogP contribution in [0, 0.1) is 0 Å². The molecule has 4 rings (SSSR count). The van der Waals surface area contributed by atoms with Gasteiger partial charge >= 0.3 is 11.4 Å². The van der Waals surface area contributed by atoms with Gasteiger partial charge in [0, 0.05) is 20.0 Å². The van der Waals surface area contributed by atoms with E-state index < -0.39 is 0 Å². The van der Waals surface area contributed by atoms with Gasteiger partial charge in [0.05, 0.1) is 6.04 Å². The van der Waals surface area contributed by atoms with E-state index in [1.807, 2.05) is 42.5 Å². The molecule has 0 unspecified atom stereocenters. The molecule has 1 aromatic heterocycles. The predicted octanol–water partition coefficient (Wildman–Crippen LogP) is 1.07. The highest BCUT2D eigenvalue weighted by molar-refractivity contribution is 5.47. The van der Waals surface area contributed by atoms with Gasteiger partial charge < -0.3 is 9.47 Å². The third kappa shape index (κ3) is 2.05. The zero-order valence-corrected chi connectivity index (χ0v) is 13.4. The molecule has 0 spiro atoms. The van der Waals surface area contributed by atoms with Crippen LogP contribution in [0.2, 0.25) is 0 Å². The fraction of sp³-hybridized carbons (Fsp3) is 0.294. The zero-order valence-electron chi connectivity index (χ0n) is 13.4. The Morgan fingerprint density at radius 2 is 1.75 bits per heavy atom. The van der Waals surface area contributed by atoms with E-state index >= 15 is 0 Å². The quantitative estimate of drug-likeness (QED) is 0.827. The molecule has 7 nitrogen and oxygen atoms in total. The first-order chi connectivity index (χ1) is 11.6. The molecular formula is C17H17N3O4. The van der Waals surface area contributed by atoms with Crippen LogP contribution in [0.1, 0.15) is 17.5 Å². The van der Waals surface area contributed by atoms with Crippen molar-refractivity contribution >= 4 is 0 Å². The number of rotatable bonds is 2. The minimum absolute atomic E-state index is 0.0878. The lowest BCUT2D eigenvalue weighted by Crippen LogP contribution is -2.32. The summed E-state index contributed by atoms with van der Waals surface area (Å²) in [6, 6.07) is 5.46. The number of benzene rings is 1. The average Bonchev–Trinajstić information content (AvgIpc) is 3.14. The summed E-state index contributed by atoms with van der Waals surface area (Å²) in [5.74, 6) is 1.33. The summed E-state index contributed by atoms with van der Waals surface area (Å²) < 4.78 is 14.8. The molecule has 0 radical (unpaired) electrons. The average molecular weight is 327 g/mol. The Hall–Kier alpha value is -2.96. The lowest BCUT2D eigenvalue weighted by atomic mass is 9.88. The molecule has 1 aliphatic heterocycles. The van der Waals surface area contributed by atoms with Gasteiger partial charge in [0.1, 0.15) is 0 Å². The van der Waals surface area contributed by atoms with E-state index in [1.54, 1.807) is 7.05 Å². The number of ether oxygens (including phenoxy) is 2. The topological polar surface area (TPSA) is 67.4 Å². The van der Waals surface area contributed by atoms with Gasteiger partial charge in [-0.15, -0.1) is 0 Å². The molecule has 0 bridgehead atoms. The van der Waals surface area contributed by atoms with Crippen molar-refractivity contribution in [3.05, 3.63) is 69.0 Å². The SMILES string of the molecule is Cn1c(=O)n(C)n([C@H]2C=CC=C[C@@H]2c2ccc3c(c2)OCO3)c1=O. The molecule has 2 aromatic rings. The lowest BCUT2D eigenvalue weighted by molar-refractivity contribution is 0.174. The molecule has 7 heteroatoms. The van der Waals surface area contributed by atoms with Crippen molar-refractivity contribution in [3.63, 3.8) is 0 Å². The van der Waals surface area contributed by atoms with E-state index in [4.69, 9.17) is 9.47 Å². The fourth-order valence-electron chi connectivity index (χ4n) is 3.26. The smallest absolute Gasteiger partial charge is 0.347 e. The third-order valence-electron chi connectivity index (χ3n) is 4.54. The molecule has 0 amide bonds. The number of hydrogen-bond donors (Lipinski definition) is 0. The van der Waals surface area contributed by atoms with Gasteiger partial charge in [0.15, 0.2) is 11.5 Å². The van der Waals surface area contributed by atoms with E-state index in [0.717, 1.165) is 15.9 Å². The molecule has 2 atom stereocenters. The van der Waals surface area contributed by atoms with Crippen LogP contribution in [0.15, 0.2) is 52.1 Å². The van der Waals surface area contributed by atoms with Gasteiger partial charge in [-0.3, -0.25) is 0 Å². The van der Waals surface area contributed by atoms with Gasteiger partial charge in [-0.25, -0.2) is 23.5 Å². The highest BCUT2D eigenvalue weighted by Gasteiger charge is 2.28. The molecule has 1 aromatic carbocycles. The summed E-state index contributed by atoms with van der Waals surface area (Å²) >= 11 is 0. The minimum atomic E-state index is -0.340. The van der Waals surface area contributed by atoms with Crippen molar-refractivity contribution in [1.82, 2.24) is 13.9 Å².